The summed E-state index contributed by atoms with van der Waals surface area (Å²) in [5.41, 5.74) is 1.21. The van der Waals surface area contributed by atoms with E-state index in [1.165, 1.54) is 5.57 Å². The highest BCUT2D eigenvalue weighted by Gasteiger charge is 2.24. The molecule has 1 aliphatic heterocycles. The van der Waals surface area contributed by atoms with E-state index in [-0.39, 0.29) is 6.61 Å². The van der Waals surface area contributed by atoms with Crippen LogP contribution in [-0.4, -0.2) is 22.7 Å². The normalized spacial score (nSPS) is 35.6. The molecule has 0 aliphatic carbocycles. The Bertz CT molecular complexity index is 122. The summed E-state index contributed by atoms with van der Waals surface area (Å²) in [6, 6.07) is 0. The molecular weight excluding hydrogens is 132 g/mol. The van der Waals surface area contributed by atoms with E-state index in [1.807, 2.05) is 11.8 Å². The van der Waals surface area contributed by atoms with Crippen molar-refractivity contribution in [1.82, 2.24) is 0 Å². The van der Waals surface area contributed by atoms with Crippen LogP contribution in [0.2, 0.25) is 0 Å². The second-order valence-corrected chi connectivity index (χ2v) is 3.72. The molecule has 0 spiro atoms. The predicted octanol–water partition coefficient (Wildman–Crippen LogP) is 1.29. The van der Waals surface area contributed by atoms with Gasteiger partial charge in [-0.25, -0.2) is 0 Å². The van der Waals surface area contributed by atoms with Crippen LogP contribution in [0, 0.1) is 5.92 Å². The van der Waals surface area contributed by atoms with Gasteiger partial charge in [0.25, 0.3) is 0 Å². The Morgan fingerprint density at radius 1 is 1.89 bits per heavy atom. The molecule has 0 aromatic rings. The average molecular weight is 144 g/mol. The van der Waals surface area contributed by atoms with Gasteiger partial charge in [-0.3, -0.25) is 0 Å². The van der Waals surface area contributed by atoms with E-state index in [4.69, 9.17) is 5.11 Å². The minimum Gasteiger partial charge on any atom is -0.395 e. The van der Waals surface area contributed by atoms with Gasteiger partial charge < -0.3 is 5.11 Å². The number of thioether (sulfide) groups is 1. The van der Waals surface area contributed by atoms with Crippen molar-refractivity contribution in [3.8, 4) is 0 Å². The first-order chi connectivity index (χ1) is 4.25. The van der Waals surface area contributed by atoms with E-state index < -0.39 is 0 Å². The van der Waals surface area contributed by atoms with Gasteiger partial charge in [-0.2, -0.15) is 11.8 Å². The molecule has 1 rings (SSSR count). The van der Waals surface area contributed by atoms with E-state index in [1.54, 1.807) is 0 Å². The summed E-state index contributed by atoms with van der Waals surface area (Å²) < 4.78 is 0. The molecule has 1 saturated heterocycles. The van der Waals surface area contributed by atoms with Gasteiger partial charge in [-0.1, -0.05) is 19.1 Å². The van der Waals surface area contributed by atoms with Crippen molar-refractivity contribution in [2.75, 3.05) is 12.4 Å². The zero-order valence-corrected chi connectivity index (χ0v) is 6.45. The van der Waals surface area contributed by atoms with Crippen LogP contribution in [0.25, 0.3) is 0 Å². The van der Waals surface area contributed by atoms with Gasteiger partial charge in [-0.05, 0) is 5.92 Å². The molecule has 0 saturated carbocycles. The molecule has 2 atom stereocenters. The topological polar surface area (TPSA) is 20.2 Å². The molecule has 52 valence electrons. The van der Waals surface area contributed by atoms with Crippen LogP contribution in [0.4, 0.5) is 0 Å². The van der Waals surface area contributed by atoms with Crippen LogP contribution in [0.1, 0.15) is 6.92 Å². The SMILES string of the molecule is C=C1C(C)CSC1CO. The molecule has 0 radical (unpaired) electrons. The van der Waals surface area contributed by atoms with E-state index in [0.717, 1.165) is 5.75 Å². The van der Waals surface area contributed by atoms with Gasteiger partial charge in [-0.15, -0.1) is 0 Å². The lowest BCUT2D eigenvalue weighted by Gasteiger charge is -2.06. The largest absolute Gasteiger partial charge is 0.395 e. The van der Waals surface area contributed by atoms with Crippen molar-refractivity contribution in [2.45, 2.75) is 12.2 Å². The van der Waals surface area contributed by atoms with Crippen LogP contribution in [0.15, 0.2) is 12.2 Å². The van der Waals surface area contributed by atoms with Crippen molar-refractivity contribution in [1.29, 1.82) is 0 Å². The Morgan fingerprint density at radius 2 is 2.56 bits per heavy atom. The summed E-state index contributed by atoms with van der Waals surface area (Å²) in [6.45, 7) is 6.32. The summed E-state index contributed by atoms with van der Waals surface area (Å²) >= 11 is 1.81. The van der Waals surface area contributed by atoms with Crippen LogP contribution >= 0.6 is 11.8 Å². The predicted molar refractivity (Wildman–Crippen MR) is 41.6 cm³/mol. The summed E-state index contributed by atoms with van der Waals surface area (Å²) in [5, 5.41) is 9.09. The van der Waals surface area contributed by atoms with Crippen LogP contribution in [0.3, 0.4) is 0 Å². The maximum absolute atomic E-state index is 8.77. The molecule has 1 heterocycles. The van der Waals surface area contributed by atoms with Crippen molar-refractivity contribution < 1.29 is 5.11 Å². The van der Waals surface area contributed by atoms with Crippen molar-refractivity contribution in [2.24, 2.45) is 5.92 Å². The molecule has 2 heteroatoms. The summed E-state index contributed by atoms with van der Waals surface area (Å²) in [5.74, 6) is 1.73. The summed E-state index contributed by atoms with van der Waals surface area (Å²) in [6.07, 6.45) is 0. The second kappa shape index (κ2) is 2.76. The summed E-state index contributed by atoms with van der Waals surface area (Å²) in [4.78, 5) is 0. The van der Waals surface area contributed by atoms with Crippen molar-refractivity contribution >= 4 is 11.8 Å². The Hall–Kier alpha value is 0.0500. The number of rotatable bonds is 1. The van der Waals surface area contributed by atoms with Gasteiger partial charge in [0, 0.05) is 11.0 Å². The third-order valence-electron chi connectivity index (χ3n) is 1.76. The number of hydrogen-bond donors (Lipinski definition) is 1. The molecular formula is C7H12OS. The van der Waals surface area contributed by atoms with Crippen molar-refractivity contribution in [3.05, 3.63) is 12.2 Å². The fourth-order valence-electron chi connectivity index (χ4n) is 0.962. The number of hydrogen-bond acceptors (Lipinski definition) is 2. The smallest absolute Gasteiger partial charge is 0.0587 e. The van der Waals surface area contributed by atoms with Crippen LogP contribution < -0.4 is 0 Å². The Balaban J connectivity index is 2.51. The Morgan fingerprint density at radius 3 is 2.78 bits per heavy atom. The molecule has 1 N–H and O–H groups in total. The highest BCUT2D eigenvalue weighted by molar-refractivity contribution is 8.00. The fourth-order valence-corrected chi connectivity index (χ4v) is 2.25. The lowest BCUT2D eigenvalue weighted by atomic mass is 10.0. The van der Waals surface area contributed by atoms with Crippen LogP contribution in [0.5, 0.6) is 0 Å². The number of aliphatic hydroxyl groups excluding tert-OH is 1. The van der Waals surface area contributed by atoms with E-state index in [0.29, 0.717) is 11.2 Å². The monoisotopic (exact) mass is 144 g/mol. The molecule has 0 aromatic heterocycles. The molecule has 1 nitrogen and oxygen atoms in total. The molecule has 2 unspecified atom stereocenters. The lowest BCUT2D eigenvalue weighted by Crippen LogP contribution is -2.07. The minimum absolute atomic E-state index is 0.258. The van der Waals surface area contributed by atoms with Gasteiger partial charge in [0.1, 0.15) is 0 Å². The first-order valence-corrected chi connectivity index (χ1v) is 4.21. The third kappa shape index (κ3) is 1.30. The first kappa shape index (κ1) is 7.16. The highest BCUT2D eigenvalue weighted by Crippen LogP contribution is 2.34. The molecule has 1 fully saturated rings. The zero-order chi connectivity index (χ0) is 6.85. The zero-order valence-electron chi connectivity index (χ0n) is 5.63. The van der Waals surface area contributed by atoms with Gasteiger partial charge in [0.05, 0.1) is 6.61 Å². The fraction of sp³-hybridized carbons (Fsp3) is 0.714. The third-order valence-corrected chi connectivity index (χ3v) is 3.31. The first-order valence-electron chi connectivity index (χ1n) is 3.17. The molecule has 1 aliphatic rings. The lowest BCUT2D eigenvalue weighted by molar-refractivity contribution is 0.303. The standard InChI is InChI=1S/C7H12OS/c1-5-4-9-7(3-8)6(5)2/h5,7-8H,2-4H2,1H3. The maximum Gasteiger partial charge on any atom is 0.0587 e. The quantitative estimate of drug-likeness (QED) is 0.559. The second-order valence-electron chi connectivity index (χ2n) is 2.48. The molecule has 0 bridgehead atoms. The van der Waals surface area contributed by atoms with Crippen LogP contribution in [-0.2, 0) is 0 Å². The van der Waals surface area contributed by atoms with Gasteiger partial charge in [0.2, 0.25) is 0 Å². The van der Waals surface area contributed by atoms with E-state index in [2.05, 4.69) is 13.5 Å². The molecule has 0 aromatic carbocycles. The minimum atomic E-state index is 0.258. The Labute approximate surface area is 60.2 Å². The van der Waals surface area contributed by atoms with E-state index in [9.17, 15) is 0 Å². The number of aliphatic hydroxyl groups is 1. The maximum atomic E-state index is 8.77. The van der Waals surface area contributed by atoms with Crippen molar-refractivity contribution in [3.63, 3.8) is 0 Å². The van der Waals surface area contributed by atoms with Gasteiger partial charge >= 0.3 is 0 Å². The highest BCUT2D eigenvalue weighted by atomic mass is 32.2. The molecule has 0 amide bonds. The average Bonchev–Trinajstić information content (AvgIpc) is 2.15. The summed E-state index contributed by atoms with van der Waals surface area (Å²) in [7, 11) is 0. The van der Waals surface area contributed by atoms with Gasteiger partial charge in [0.15, 0.2) is 0 Å². The Kier molecular flexibility index (Phi) is 2.19. The van der Waals surface area contributed by atoms with E-state index >= 15 is 0 Å². The molecule has 9 heavy (non-hydrogen) atoms.